The first-order chi connectivity index (χ1) is 13.0. The molecular weight excluding hydrogens is 378 g/mol. The summed E-state index contributed by atoms with van der Waals surface area (Å²) in [6, 6.07) is 15.6. The van der Waals surface area contributed by atoms with Gasteiger partial charge in [-0.2, -0.15) is 0 Å². The van der Waals surface area contributed by atoms with Crippen molar-refractivity contribution in [2.24, 2.45) is 0 Å². The molecule has 4 nitrogen and oxygen atoms in total. The van der Waals surface area contributed by atoms with E-state index in [2.05, 4.69) is 21.3 Å². The molecular formula is C21H22ClN3OS. The van der Waals surface area contributed by atoms with Gasteiger partial charge in [-0.05, 0) is 43.3 Å². The van der Waals surface area contributed by atoms with Crippen LogP contribution in [0, 0.1) is 6.92 Å². The Bertz CT molecular complexity index is 925. The van der Waals surface area contributed by atoms with E-state index in [9.17, 15) is 4.79 Å². The molecule has 0 spiro atoms. The van der Waals surface area contributed by atoms with Gasteiger partial charge in [-0.1, -0.05) is 41.9 Å². The van der Waals surface area contributed by atoms with Gasteiger partial charge in [-0.3, -0.25) is 9.69 Å². The molecule has 0 fully saturated rings. The Kier molecular flexibility index (Phi) is 6.61. The molecule has 3 rings (SSSR count). The van der Waals surface area contributed by atoms with Gasteiger partial charge in [0.15, 0.2) is 0 Å². The Hall–Kier alpha value is -2.21. The average Bonchev–Trinajstić information content (AvgIpc) is 3.03. The molecule has 1 N–H and O–H groups in total. The Labute approximate surface area is 168 Å². The average molecular weight is 400 g/mol. The van der Waals surface area contributed by atoms with E-state index in [0.717, 1.165) is 45.6 Å². The first kappa shape index (κ1) is 19.5. The van der Waals surface area contributed by atoms with Crippen LogP contribution in [0.25, 0.3) is 0 Å². The van der Waals surface area contributed by atoms with E-state index >= 15 is 0 Å². The lowest BCUT2D eigenvalue weighted by molar-refractivity contribution is -0.115. The van der Waals surface area contributed by atoms with Crippen molar-refractivity contribution in [1.82, 2.24) is 9.88 Å². The van der Waals surface area contributed by atoms with E-state index in [-0.39, 0.29) is 12.3 Å². The first-order valence-electron chi connectivity index (χ1n) is 8.71. The fraction of sp³-hybridized carbons (Fsp3) is 0.238. The molecule has 2 aromatic carbocycles. The van der Waals surface area contributed by atoms with Crippen LogP contribution in [0.2, 0.25) is 5.02 Å². The van der Waals surface area contributed by atoms with Gasteiger partial charge in [0.1, 0.15) is 5.01 Å². The van der Waals surface area contributed by atoms with Crippen LogP contribution >= 0.6 is 22.9 Å². The van der Waals surface area contributed by atoms with Crippen LogP contribution in [0.5, 0.6) is 0 Å². The second kappa shape index (κ2) is 9.13. The zero-order chi connectivity index (χ0) is 19.2. The van der Waals surface area contributed by atoms with Gasteiger partial charge < -0.3 is 5.32 Å². The minimum atomic E-state index is -0.0440. The van der Waals surface area contributed by atoms with Gasteiger partial charge in [-0.15, -0.1) is 11.3 Å². The van der Waals surface area contributed by atoms with E-state index in [1.807, 2.05) is 61.8 Å². The smallest absolute Gasteiger partial charge is 0.231 e. The summed E-state index contributed by atoms with van der Waals surface area (Å²) in [5, 5.41) is 6.54. The van der Waals surface area contributed by atoms with Gasteiger partial charge in [0.25, 0.3) is 0 Å². The molecule has 0 aliphatic rings. The highest BCUT2D eigenvalue weighted by Gasteiger charge is 2.11. The standard InChI is InChI=1S/C21H22ClN3OS/c1-15-6-3-4-9-19(15)24-20(26)11-21-23-18(14-27-21)13-25(2)12-16-7-5-8-17(22)10-16/h3-10,14H,11-13H2,1-2H3,(H,24,26). The first-order valence-corrected chi connectivity index (χ1v) is 9.97. The van der Waals surface area contributed by atoms with Crippen molar-refractivity contribution < 1.29 is 4.79 Å². The van der Waals surface area contributed by atoms with E-state index in [4.69, 9.17) is 11.6 Å². The molecule has 27 heavy (non-hydrogen) atoms. The molecule has 0 saturated heterocycles. The quantitative estimate of drug-likeness (QED) is 0.613. The number of aromatic nitrogens is 1. The number of amides is 1. The minimum Gasteiger partial charge on any atom is -0.325 e. The van der Waals surface area contributed by atoms with Crippen LogP contribution in [0.1, 0.15) is 21.8 Å². The van der Waals surface area contributed by atoms with E-state index in [0.29, 0.717) is 0 Å². The maximum Gasteiger partial charge on any atom is 0.231 e. The normalized spacial score (nSPS) is 11.0. The van der Waals surface area contributed by atoms with Crippen LogP contribution < -0.4 is 5.32 Å². The lowest BCUT2D eigenvalue weighted by atomic mass is 10.2. The highest BCUT2D eigenvalue weighted by Crippen LogP contribution is 2.17. The molecule has 1 aromatic heterocycles. The molecule has 0 unspecified atom stereocenters. The number of anilines is 1. The Morgan fingerprint density at radius 1 is 1.19 bits per heavy atom. The minimum absolute atomic E-state index is 0.0440. The number of carbonyl (C=O) groups excluding carboxylic acids is 1. The Balaban J connectivity index is 1.53. The summed E-state index contributed by atoms with van der Waals surface area (Å²) >= 11 is 7.56. The highest BCUT2D eigenvalue weighted by atomic mass is 35.5. The predicted octanol–water partition coefficient (Wildman–Crippen LogP) is 4.92. The zero-order valence-electron chi connectivity index (χ0n) is 15.4. The summed E-state index contributed by atoms with van der Waals surface area (Å²) in [7, 11) is 2.05. The molecule has 0 aliphatic carbocycles. The van der Waals surface area contributed by atoms with Crippen molar-refractivity contribution in [2.45, 2.75) is 26.4 Å². The SMILES string of the molecule is Cc1ccccc1NC(=O)Cc1nc(CN(C)Cc2cccc(Cl)c2)cs1. The van der Waals surface area contributed by atoms with Gasteiger partial charge in [0.2, 0.25) is 5.91 Å². The lowest BCUT2D eigenvalue weighted by Crippen LogP contribution is -2.18. The van der Waals surface area contributed by atoms with Crippen molar-refractivity contribution >= 4 is 34.5 Å². The predicted molar refractivity (Wildman–Crippen MR) is 112 cm³/mol. The number of hydrogen-bond acceptors (Lipinski definition) is 4. The number of nitrogens with zero attached hydrogens (tertiary/aromatic N) is 2. The molecule has 6 heteroatoms. The van der Waals surface area contributed by atoms with Crippen molar-refractivity contribution in [1.29, 1.82) is 0 Å². The van der Waals surface area contributed by atoms with Crippen LogP contribution in [0.4, 0.5) is 5.69 Å². The molecule has 3 aromatic rings. The molecule has 0 atom stereocenters. The summed E-state index contributed by atoms with van der Waals surface area (Å²) in [5.41, 5.74) is 4.04. The fourth-order valence-corrected chi connectivity index (χ4v) is 3.82. The number of hydrogen-bond donors (Lipinski definition) is 1. The largest absolute Gasteiger partial charge is 0.325 e. The number of carbonyl (C=O) groups is 1. The number of nitrogens with one attached hydrogen (secondary N) is 1. The zero-order valence-corrected chi connectivity index (χ0v) is 17.0. The third kappa shape index (κ3) is 5.89. The monoisotopic (exact) mass is 399 g/mol. The van der Waals surface area contributed by atoms with Crippen molar-refractivity contribution in [3.63, 3.8) is 0 Å². The number of halogens is 1. The van der Waals surface area contributed by atoms with Crippen LogP contribution in [-0.4, -0.2) is 22.8 Å². The van der Waals surface area contributed by atoms with Gasteiger partial charge in [0, 0.05) is 29.2 Å². The van der Waals surface area contributed by atoms with E-state index < -0.39 is 0 Å². The van der Waals surface area contributed by atoms with Crippen molar-refractivity contribution in [3.05, 3.63) is 80.8 Å². The summed E-state index contributed by atoms with van der Waals surface area (Å²) in [5.74, 6) is -0.0440. The molecule has 1 heterocycles. The molecule has 0 aliphatic heterocycles. The third-order valence-electron chi connectivity index (χ3n) is 4.10. The van der Waals surface area contributed by atoms with Crippen molar-refractivity contribution in [2.75, 3.05) is 12.4 Å². The maximum atomic E-state index is 12.3. The number of para-hydroxylation sites is 1. The second-order valence-electron chi connectivity index (χ2n) is 6.57. The lowest BCUT2D eigenvalue weighted by Gasteiger charge is -2.15. The third-order valence-corrected chi connectivity index (χ3v) is 5.24. The molecule has 0 saturated carbocycles. The fourth-order valence-electron chi connectivity index (χ4n) is 2.83. The topological polar surface area (TPSA) is 45.2 Å². The van der Waals surface area contributed by atoms with Gasteiger partial charge in [-0.25, -0.2) is 4.98 Å². The summed E-state index contributed by atoms with van der Waals surface area (Å²) in [4.78, 5) is 19.1. The van der Waals surface area contributed by atoms with E-state index in [1.165, 1.54) is 11.3 Å². The highest BCUT2D eigenvalue weighted by molar-refractivity contribution is 7.09. The summed E-state index contributed by atoms with van der Waals surface area (Å²) < 4.78 is 0. The Morgan fingerprint density at radius 2 is 2.00 bits per heavy atom. The number of benzene rings is 2. The summed E-state index contributed by atoms with van der Waals surface area (Å²) in [6.07, 6.45) is 0.289. The maximum absolute atomic E-state index is 12.3. The number of aryl methyl sites for hydroxylation is 1. The van der Waals surface area contributed by atoms with Crippen molar-refractivity contribution in [3.8, 4) is 0 Å². The van der Waals surface area contributed by atoms with Crippen LogP contribution in [0.15, 0.2) is 53.9 Å². The Morgan fingerprint density at radius 3 is 2.78 bits per heavy atom. The van der Waals surface area contributed by atoms with Crippen LogP contribution in [-0.2, 0) is 24.3 Å². The number of thiazole rings is 1. The molecule has 140 valence electrons. The van der Waals surface area contributed by atoms with Gasteiger partial charge >= 0.3 is 0 Å². The van der Waals surface area contributed by atoms with E-state index in [1.54, 1.807) is 0 Å². The van der Waals surface area contributed by atoms with Gasteiger partial charge in [0.05, 0.1) is 12.1 Å². The second-order valence-corrected chi connectivity index (χ2v) is 7.95. The summed E-state index contributed by atoms with van der Waals surface area (Å²) in [6.45, 7) is 3.50. The molecule has 1 amide bonds. The molecule has 0 bridgehead atoms. The molecule has 0 radical (unpaired) electrons. The van der Waals surface area contributed by atoms with Crippen LogP contribution in [0.3, 0.4) is 0 Å². The number of rotatable bonds is 7.